The fraction of sp³-hybridized carbons (Fsp3) is 0.0909. The molecule has 0 spiro atoms. The van der Waals surface area contributed by atoms with E-state index in [1.807, 2.05) is 0 Å². The topological polar surface area (TPSA) is 78.2 Å². The smallest absolute Gasteiger partial charge is 0.311 e. The second kappa shape index (κ2) is 5.98. The van der Waals surface area contributed by atoms with E-state index >= 15 is 0 Å². The maximum absolute atomic E-state index is 13.2. The Kier molecular flexibility index (Phi) is 4.31. The minimum absolute atomic E-state index is 0.0574. The van der Waals surface area contributed by atoms with Gasteiger partial charge in [-0.25, -0.2) is 14.4 Å². The zero-order valence-corrected chi connectivity index (χ0v) is 11.2. The highest BCUT2D eigenvalue weighted by molar-refractivity contribution is 6.31. The van der Waals surface area contributed by atoms with Crippen molar-refractivity contribution in [2.45, 2.75) is 5.88 Å². The Morgan fingerprint density at radius 3 is 2.80 bits per heavy atom. The molecule has 20 heavy (non-hydrogen) atoms. The van der Waals surface area contributed by atoms with Gasteiger partial charge in [0, 0.05) is 12.1 Å². The molecule has 0 saturated carbocycles. The van der Waals surface area contributed by atoms with Gasteiger partial charge in [0.2, 0.25) is 11.6 Å². The number of nitrogens with zero attached hydrogens (tertiary/aromatic N) is 3. The molecular weight excluding hydrogens is 312 g/mol. The van der Waals surface area contributed by atoms with Crippen LogP contribution in [0.25, 0.3) is 0 Å². The maximum Gasteiger partial charge on any atom is 0.311 e. The SMILES string of the molecule is O=[N+]([O-])c1ccc(F)cc1Oc1ncnc(Cl)c1CCl. The maximum atomic E-state index is 13.2. The van der Waals surface area contributed by atoms with Crippen molar-refractivity contribution in [3.05, 3.63) is 51.2 Å². The minimum Gasteiger partial charge on any atom is -0.431 e. The summed E-state index contributed by atoms with van der Waals surface area (Å²) in [4.78, 5) is 17.7. The lowest BCUT2D eigenvalue weighted by Gasteiger charge is -2.09. The number of alkyl halides is 1. The Morgan fingerprint density at radius 1 is 1.40 bits per heavy atom. The lowest BCUT2D eigenvalue weighted by molar-refractivity contribution is -0.385. The first-order chi connectivity index (χ1) is 9.52. The molecule has 0 radical (unpaired) electrons. The molecule has 0 amide bonds. The predicted molar refractivity (Wildman–Crippen MR) is 69.7 cm³/mol. The van der Waals surface area contributed by atoms with Crippen LogP contribution in [-0.2, 0) is 5.88 Å². The molecule has 1 aromatic carbocycles. The number of aromatic nitrogens is 2. The summed E-state index contributed by atoms with van der Waals surface area (Å²) in [7, 11) is 0. The highest BCUT2D eigenvalue weighted by Crippen LogP contribution is 2.34. The van der Waals surface area contributed by atoms with Gasteiger partial charge in [-0.15, -0.1) is 11.6 Å². The number of nitro benzene ring substituents is 1. The molecule has 0 aliphatic heterocycles. The fourth-order valence-corrected chi connectivity index (χ4v) is 1.90. The molecule has 0 fully saturated rings. The summed E-state index contributed by atoms with van der Waals surface area (Å²) in [5.74, 6) is -1.10. The van der Waals surface area contributed by atoms with Gasteiger partial charge in [0.1, 0.15) is 17.3 Å². The second-order valence-corrected chi connectivity index (χ2v) is 4.18. The van der Waals surface area contributed by atoms with E-state index in [4.69, 9.17) is 27.9 Å². The zero-order chi connectivity index (χ0) is 14.7. The molecule has 2 aromatic rings. The van der Waals surface area contributed by atoms with Gasteiger partial charge >= 0.3 is 5.69 Å². The summed E-state index contributed by atoms with van der Waals surface area (Å²) in [6, 6.07) is 2.83. The van der Waals surface area contributed by atoms with Crippen molar-refractivity contribution in [3.8, 4) is 11.6 Å². The molecule has 6 nitrogen and oxygen atoms in total. The van der Waals surface area contributed by atoms with Crippen molar-refractivity contribution >= 4 is 28.9 Å². The average Bonchev–Trinajstić information content (AvgIpc) is 2.38. The minimum atomic E-state index is -0.696. The molecule has 2 rings (SSSR count). The van der Waals surface area contributed by atoms with E-state index in [0.29, 0.717) is 0 Å². The van der Waals surface area contributed by atoms with Crippen LogP contribution in [0.5, 0.6) is 11.6 Å². The molecule has 0 bridgehead atoms. The summed E-state index contributed by atoms with van der Waals surface area (Å²) < 4.78 is 18.4. The molecule has 1 aromatic heterocycles. The van der Waals surface area contributed by atoms with Crippen molar-refractivity contribution in [2.75, 3.05) is 0 Å². The third kappa shape index (κ3) is 2.94. The summed E-state index contributed by atoms with van der Waals surface area (Å²) >= 11 is 11.5. The number of hydrogen-bond acceptors (Lipinski definition) is 5. The van der Waals surface area contributed by atoms with E-state index in [0.717, 1.165) is 24.5 Å². The van der Waals surface area contributed by atoms with Crippen LogP contribution in [0.2, 0.25) is 5.15 Å². The first kappa shape index (κ1) is 14.4. The van der Waals surface area contributed by atoms with Crippen LogP contribution in [0, 0.1) is 15.9 Å². The molecule has 104 valence electrons. The summed E-state index contributed by atoms with van der Waals surface area (Å²) in [5.41, 5.74) is -0.143. The standard InChI is InChI=1S/C11H6Cl2FN3O3/c12-4-7-10(13)15-5-16-11(7)20-9-3-6(14)1-2-8(9)17(18)19/h1-3,5H,4H2. The van der Waals surface area contributed by atoms with E-state index in [1.54, 1.807) is 0 Å². The number of halogens is 3. The van der Waals surface area contributed by atoms with Gasteiger partial charge in [-0.3, -0.25) is 10.1 Å². The van der Waals surface area contributed by atoms with Gasteiger partial charge in [0.15, 0.2) is 0 Å². The molecule has 9 heteroatoms. The Balaban J connectivity index is 2.47. The second-order valence-electron chi connectivity index (χ2n) is 3.55. The highest BCUT2D eigenvalue weighted by Gasteiger charge is 2.19. The van der Waals surface area contributed by atoms with Gasteiger partial charge in [-0.2, -0.15) is 0 Å². The molecule has 0 N–H and O–H groups in total. The predicted octanol–water partition coefficient (Wildman–Crippen LogP) is 3.71. The Hall–Kier alpha value is -1.99. The van der Waals surface area contributed by atoms with Crippen molar-refractivity contribution in [2.24, 2.45) is 0 Å². The number of nitro groups is 1. The lowest BCUT2D eigenvalue weighted by atomic mass is 10.3. The number of rotatable bonds is 4. The van der Waals surface area contributed by atoms with E-state index < -0.39 is 16.4 Å². The lowest BCUT2D eigenvalue weighted by Crippen LogP contribution is -1.99. The fourth-order valence-electron chi connectivity index (χ4n) is 1.40. The van der Waals surface area contributed by atoms with Crippen molar-refractivity contribution in [1.82, 2.24) is 9.97 Å². The van der Waals surface area contributed by atoms with Crippen LogP contribution in [0.3, 0.4) is 0 Å². The third-order valence-electron chi connectivity index (χ3n) is 2.31. The number of benzene rings is 1. The van der Waals surface area contributed by atoms with E-state index in [9.17, 15) is 14.5 Å². The largest absolute Gasteiger partial charge is 0.431 e. The summed E-state index contributed by atoms with van der Waals surface area (Å²) in [5, 5.41) is 10.9. The molecular formula is C11H6Cl2FN3O3. The van der Waals surface area contributed by atoms with Gasteiger partial charge in [0.25, 0.3) is 0 Å². The van der Waals surface area contributed by atoms with Crippen molar-refractivity contribution < 1.29 is 14.1 Å². The molecule has 0 aliphatic rings. The van der Waals surface area contributed by atoms with Crippen molar-refractivity contribution in [3.63, 3.8) is 0 Å². The summed E-state index contributed by atoms with van der Waals surface area (Å²) in [6.45, 7) is 0. The van der Waals surface area contributed by atoms with Gasteiger partial charge < -0.3 is 4.74 Å². The third-order valence-corrected chi connectivity index (χ3v) is 2.91. The first-order valence-corrected chi connectivity index (χ1v) is 6.11. The van der Waals surface area contributed by atoms with Crippen LogP contribution < -0.4 is 4.74 Å². The van der Waals surface area contributed by atoms with E-state index in [-0.39, 0.29) is 28.2 Å². The van der Waals surface area contributed by atoms with Crippen LogP contribution in [0.4, 0.5) is 10.1 Å². The Labute approximate surface area is 122 Å². The number of ether oxygens (including phenoxy) is 1. The van der Waals surface area contributed by atoms with Gasteiger partial charge in [-0.05, 0) is 6.07 Å². The summed E-state index contributed by atoms with van der Waals surface area (Å²) in [6.07, 6.45) is 1.11. The van der Waals surface area contributed by atoms with Crippen LogP contribution in [-0.4, -0.2) is 14.9 Å². The average molecular weight is 318 g/mol. The van der Waals surface area contributed by atoms with Gasteiger partial charge in [-0.1, -0.05) is 11.6 Å². The molecule has 0 atom stereocenters. The van der Waals surface area contributed by atoms with E-state index in [2.05, 4.69) is 9.97 Å². The zero-order valence-electron chi connectivity index (χ0n) is 9.72. The van der Waals surface area contributed by atoms with E-state index in [1.165, 1.54) is 0 Å². The molecule has 0 saturated heterocycles. The number of hydrogen-bond donors (Lipinski definition) is 0. The van der Waals surface area contributed by atoms with Gasteiger partial charge in [0.05, 0.1) is 16.4 Å². The van der Waals surface area contributed by atoms with Crippen LogP contribution in [0.1, 0.15) is 5.56 Å². The molecule has 0 aliphatic carbocycles. The first-order valence-electron chi connectivity index (χ1n) is 5.20. The Bertz CT molecular complexity index is 669. The van der Waals surface area contributed by atoms with Crippen molar-refractivity contribution in [1.29, 1.82) is 0 Å². The molecule has 1 heterocycles. The van der Waals surface area contributed by atoms with Crippen LogP contribution >= 0.6 is 23.2 Å². The molecule has 0 unspecified atom stereocenters. The normalized spacial score (nSPS) is 10.3. The quantitative estimate of drug-likeness (QED) is 0.372. The Morgan fingerprint density at radius 2 is 2.15 bits per heavy atom. The van der Waals surface area contributed by atoms with Crippen LogP contribution in [0.15, 0.2) is 24.5 Å². The highest BCUT2D eigenvalue weighted by atomic mass is 35.5. The monoisotopic (exact) mass is 317 g/mol.